The van der Waals surface area contributed by atoms with Crippen molar-refractivity contribution in [2.45, 2.75) is 17.7 Å². The topological polar surface area (TPSA) is 58.6 Å². The van der Waals surface area contributed by atoms with E-state index in [1.165, 1.54) is 7.11 Å². The number of likely N-dealkylation sites (tertiary alicyclic amines) is 1. The van der Waals surface area contributed by atoms with Crippen LogP contribution < -0.4 is 9.46 Å². The molecule has 5 nitrogen and oxygen atoms in total. The van der Waals surface area contributed by atoms with Crippen molar-refractivity contribution in [3.63, 3.8) is 0 Å². The van der Waals surface area contributed by atoms with Crippen LogP contribution in [0.5, 0.6) is 5.75 Å². The number of sulfonamides is 1. The van der Waals surface area contributed by atoms with E-state index in [-0.39, 0.29) is 4.90 Å². The summed E-state index contributed by atoms with van der Waals surface area (Å²) in [6.07, 6.45) is 1.99. The number of piperidine rings is 1. The Morgan fingerprint density at radius 3 is 2.56 bits per heavy atom. The number of nitrogens with zero attached hydrogens (tertiary/aromatic N) is 1. The highest BCUT2D eigenvalue weighted by atomic mass is 35.5. The highest BCUT2D eigenvalue weighted by Gasteiger charge is 2.24. The molecule has 0 unspecified atom stereocenters. The Balaban J connectivity index is 1.85. The van der Waals surface area contributed by atoms with Crippen molar-refractivity contribution in [3.8, 4) is 16.9 Å². The normalized spacial score (nSPS) is 16.4. The molecule has 1 aliphatic heterocycles. The van der Waals surface area contributed by atoms with Crippen molar-refractivity contribution < 1.29 is 13.2 Å². The Kier molecular flexibility index (Phi) is 6.42. The lowest BCUT2D eigenvalue weighted by Gasteiger charge is -2.29. The van der Waals surface area contributed by atoms with Crippen LogP contribution in [0.2, 0.25) is 5.02 Å². The highest BCUT2D eigenvalue weighted by Crippen LogP contribution is 2.33. The second-order valence-corrected chi connectivity index (χ2v) is 9.09. The zero-order chi connectivity index (χ0) is 19.4. The van der Waals surface area contributed by atoms with E-state index in [9.17, 15) is 8.42 Å². The summed E-state index contributed by atoms with van der Waals surface area (Å²) in [6, 6.07) is 12.5. The molecule has 1 fully saturated rings. The fourth-order valence-electron chi connectivity index (χ4n) is 3.32. The molecule has 146 valence electrons. The van der Waals surface area contributed by atoms with Gasteiger partial charge >= 0.3 is 0 Å². The second kappa shape index (κ2) is 8.61. The standard InChI is InChI=1S/C20H25ClN2O3S/c1-23-11-9-15(10-12-23)14-22-27(24,25)20-13-16(7-8-19(20)26-2)17-5-3-4-6-18(17)21/h3-8,13,15,22H,9-12,14H2,1-2H3. The molecule has 3 rings (SSSR count). The van der Waals surface area contributed by atoms with Crippen molar-refractivity contribution in [1.82, 2.24) is 9.62 Å². The minimum atomic E-state index is -3.69. The van der Waals surface area contributed by atoms with Gasteiger partial charge in [0.2, 0.25) is 10.0 Å². The molecule has 0 radical (unpaired) electrons. The first-order chi connectivity index (χ1) is 12.9. The van der Waals surface area contributed by atoms with Crippen LogP contribution in [0.4, 0.5) is 0 Å². The Morgan fingerprint density at radius 2 is 1.89 bits per heavy atom. The van der Waals surface area contributed by atoms with Gasteiger partial charge in [-0.15, -0.1) is 0 Å². The fourth-order valence-corrected chi connectivity index (χ4v) is 4.87. The first-order valence-corrected chi connectivity index (χ1v) is 10.9. The summed E-state index contributed by atoms with van der Waals surface area (Å²) in [5.74, 6) is 0.676. The van der Waals surface area contributed by atoms with Crippen LogP contribution in [0.1, 0.15) is 12.8 Å². The molecule has 0 aliphatic carbocycles. The lowest BCUT2D eigenvalue weighted by molar-refractivity contribution is 0.220. The minimum Gasteiger partial charge on any atom is -0.495 e. The number of nitrogens with one attached hydrogen (secondary N) is 1. The van der Waals surface area contributed by atoms with E-state index in [0.29, 0.717) is 23.2 Å². The zero-order valence-corrected chi connectivity index (χ0v) is 17.2. The SMILES string of the molecule is COc1ccc(-c2ccccc2Cl)cc1S(=O)(=O)NCC1CCN(C)CC1. The third-order valence-electron chi connectivity index (χ3n) is 5.04. The molecule has 1 aliphatic rings. The largest absolute Gasteiger partial charge is 0.495 e. The molecule has 1 N–H and O–H groups in total. The van der Waals surface area contributed by atoms with Gasteiger partial charge in [-0.25, -0.2) is 13.1 Å². The molecule has 1 saturated heterocycles. The van der Waals surface area contributed by atoms with Gasteiger partial charge in [0, 0.05) is 17.1 Å². The maximum Gasteiger partial charge on any atom is 0.244 e. The molecule has 2 aromatic carbocycles. The van der Waals surface area contributed by atoms with Gasteiger partial charge in [0.15, 0.2) is 0 Å². The van der Waals surface area contributed by atoms with Crippen LogP contribution in [0, 0.1) is 5.92 Å². The molecule has 27 heavy (non-hydrogen) atoms. The van der Waals surface area contributed by atoms with Crippen LogP contribution in [0.25, 0.3) is 11.1 Å². The highest BCUT2D eigenvalue weighted by molar-refractivity contribution is 7.89. The van der Waals surface area contributed by atoms with Crippen LogP contribution in [-0.4, -0.2) is 47.1 Å². The lowest BCUT2D eigenvalue weighted by Crippen LogP contribution is -2.36. The van der Waals surface area contributed by atoms with Crippen molar-refractivity contribution in [1.29, 1.82) is 0 Å². The lowest BCUT2D eigenvalue weighted by atomic mass is 9.98. The number of benzene rings is 2. The van der Waals surface area contributed by atoms with Crippen LogP contribution in [-0.2, 0) is 10.0 Å². The average Bonchev–Trinajstić information content (AvgIpc) is 2.67. The molecule has 0 aromatic heterocycles. The minimum absolute atomic E-state index is 0.135. The molecule has 1 heterocycles. The summed E-state index contributed by atoms with van der Waals surface area (Å²) in [7, 11) is -0.130. The first kappa shape index (κ1) is 20.1. The van der Waals surface area contributed by atoms with E-state index in [1.54, 1.807) is 18.2 Å². The number of rotatable bonds is 6. The summed E-state index contributed by atoms with van der Waals surface area (Å²) >= 11 is 6.27. The van der Waals surface area contributed by atoms with Crippen molar-refractivity contribution in [2.24, 2.45) is 5.92 Å². The molecule has 0 amide bonds. The van der Waals surface area contributed by atoms with Crippen LogP contribution in [0.3, 0.4) is 0 Å². The zero-order valence-electron chi connectivity index (χ0n) is 15.6. The third-order valence-corrected chi connectivity index (χ3v) is 6.81. The summed E-state index contributed by atoms with van der Waals surface area (Å²) in [5.41, 5.74) is 1.52. The van der Waals surface area contributed by atoms with Gasteiger partial charge in [-0.3, -0.25) is 0 Å². The summed E-state index contributed by atoms with van der Waals surface area (Å²) in [4.78, 5) is 2.40. The summed E-state index contributed by atoms with van der Waals surface area (Å²) in [5, 5.41) is 0.574. The summed E-state index contributed by atoms with van der Waals surface area (Å²) in [6.45, 7) is 2.44. The smallest absolute Gasteiger partial charge is 0.244 e. The number of hydrogen-bond donors (Lipinski definition) is 1. The number of hydrogen-bond acceptors (Lipinski definition) is 4. The quantitative estimate of drug-likeness (QED) is 0.792. The third kappa shape index (κ3) is 4.82. The van der Waals surface area contributed by atoms with Gasteiger partial charge in [0.25, 0.3) is 0 Å². The van der Waals surface area contributed by atoms with E-state index in [0.717, 1.165) is 37.1 Å². The van der Waals surface area contributed by atoms with Crippen molar-refractivity contribution in [3.05, 3.63) is 47.5 Å². The Bertz CT molecular complexity index is 894. The van der Waals surface area contributed by atoms with Crippen molar-refractivity contribution in [2.75, 3.05) is 33.8 Å². The molecule has 0 saturated carbocycles. The second-order valence-electron chi connectivity index (χ2n) is 6.94. The molecule has 0 bridgehead atoms. The van der Waals surface area contributed by atoms with E-state index >= 15 is 0 Å². The molecule has 0 spiro atoms. The monoisotopic (exact) mass is 408 g/mol. The number of methoxy groups -OCH3 is 1. The van der Waals surface area contributed by atoms with E-state index in [4.69, 9.17) is 16.3 Å². The predicted molar refractivity (Wildman–Crippen MR) is 109 cm³/mol. The maximum absolute atomic E-state index is 13.0. The average molecular weight is 409 g/mol. The Hall–Kier alpha value is -1.60. The van der Waals surface area contributed by atoms with Gasteiger partial charge in [0.05, 0.1) is 7.11 Å². The Morgan fingerprint density at radius 1 is 1.19 bits per heavy atom. The van der Waals surface area contributed by atoms with Gasteiger partial charge in [-0.2, -0.15) is 0 Å². The summed E-state index contributed by atoms with van der Waals surface area (Å²) < 4.78 is 34.0. The Labute approximate surface area is 166 Å². The van der Waals surface area contributed by atoms with Gasteiger partial charge < -0.3 is 9.64 Å². The fraction of sp³-hybridized carbons (Fsp3) is 0.400. The van der Waals surface area contributed by atoms with Crippen LogP contribution >= 0.6 is 11.6 Å². The molecule has 7 heteroatoms. The van der Waals surface area contributed by atoms with Gasteiger partial charge in [0.1, 0.15) is 10.6 Å². The molecular weight excluding hydrogens is 384 g/mol. The molecular formula is C20H25ClN2O3S. The van der Waals surface area contributed by atoms with Gasteiger partial charge in [-0.1, -0.05) is 35.9 Å². The number of halogens is 1. The molecule has 2 aromatic rings. The van der Waals surface area contributed by atoms with Gasteiger partial charge in [-0.05, 0) is 62.7 Å². The first-order valence-electron chi connectivity index (χ1n) is 9.02. The van der Waals surface area contributed by atoms with Crippen molar-refractivity contribution >= 4 is 21.6 Å². The molecule has 0 atom stereocenters. The van der Waals surface area contributed by atoms with Crippen LogP contribution in [0.15, 0.2) is 47.4 Å². The van der Waals surface area contributed by atoms with E-state index < -0.39 is 10.0 Å². The van der Waals surface area contributed by atoms with E-state index in [1.807, 2.05) is 24.3 Å². The predicted octanol–water partition coefficient (Wildman–Crippen LogP) is 3.64. The van der Waals surface area contributed by atoms with E-state index in [2.05, 4.69) is 16.7 Å². The maximum atomic E-state index is 13.0. The number of ether oxygens (including phenoxy) is 1.